The fourth-order valence-electron chi connectivity index (χ4n) is 1.67. The summed E-state index contributed by atoms with van der Waals surface area (Å²) in [7, 11) is 0. The van der Waals surface area contributed by atoms with E-state index in [1.54, 1.807) is 11.3 Å². The van der Waals surface area contributed by atoms with Crippen LogP contribution in [0.3, 0.4) is 0 Å². The van der Waals surface area contributed by atoms with Crippen LogP contribution in [-0.2, 0) is 6.42 Å². The van der Waals surface area contributed by atoms with E-state index in [1.165, 1.54) is 17.0 Å². The highest BCUT2D eigenvalue weighted by molar-refractivity contribution is 7.11. The zero-order valence-corrected chi connectivity index (χ0v) is 12.0. The maximum absolute atomic E-state index is 11.0. The minimum absolute atomic E-state index is 0.0988. The quantitative estimate of drug-likeness (QED) is 0.648. The lowest BCUT2D eigenvalue weighted by atomic mass is 10.3. The van der Waals surface area contributed by atoms with Crippen LogP contribution in [0.5, 0.6) is 0 Å². The molecule has 106 valence electrons. The van der Waals surface area contributed by atoms with E-state index in [-0.39, 0.29) is 23.4 Å². The van der Waals surface area contributed by atoms with Crippen LogP contribution in [0, 0.1) is 10.1 Å². The molecule has 0 amide bonds. The number of nitrogens with zero attached hydrogens (tertiary/aromatic N) is 3. The first-order chi connectivity index (χ1) is 9.51. The Morgan fingerprint density at radius 2 is 2.30 bits per heavy atom. The monoisotopic (exact) mass is 293 g/mol. The van der Waals surface area contributed by atoms with Crippen molar-refractivity contribution >= 4 is 28.7 Å². The molecular formula is C12H15N5O2S. The lowest BCUT2D eigenvalue weighted by Gasteiger charge is -2.12. The Balaban J connectivity index is 2.24. The van der Waals surface area contributed by atoms with Gasteiger partial charge in [0.15, 0.2) is 0 Å². The van der Waals surface area contributed by atoms with Crippen molar-refractivity contribution in [3.05, 3.63) is 38.3 Å². The lowest BCUT2D eigenvalue weighted by molar-refractivity contribution is -0.384. The molecule has 0 radical (unpaired) electrons. The van der Waals surface area contributed by atoms with Gasteiger partial charge in [0.25, 0.3) is 0 Å². The highest BCUT2D eigenvalue weighted by Crippen LogP contribution is 2.28. The molecule has 0 aromatic carbocycles. The zero-order chi connectivity index (χ0) is 14.7. The van der Waals surface area contributed by atoms with Gasteiger partial charge in [0.2, 0.25) is 5.82 Å². The summed E-state index contributed by atoms with van der Waals surface area (Å²) in [6.45, 7) is 3.94. The Morgan fingerprint density at radius 3 is 2.90 bits per heavy atom. The molecule has 0 spiro atoms. The van der Waals surface area contributed by atoms with E-state index in [4.69, 9.17) is 5.73 Å². The minimum Gasteiger partial charge on any atom is -0.384 e. The molecule has 3 N–H and O–H groups in total. The third-order valence-electron chi connectivity index (χ3n) is 2.74. The maximum Gasteiger partial charge on any atom is 0.311 e. The van der Waals surface area contributed by atoms with Crippen molar-refractivity contribution in [3.8, 4) is 0 Å². The fraction of sp³-hybridized carbons (Fsp3) is 0.333. The molecule has 0 saturated carbocycles. The summed E-state index contributed by atoms with van der Waals surface area (Å²) in [6, 6.07) is 2.58. The van der Waals surface area contributed by atoms with E-state index in [0.29, 0.717) is 0 Å². The van der Waals surface area contributed by atoms with Crippen LogP contribution in [0.15, 0.2) is 18.3 Å². The first-order valence-corrected chi connectivity index (χ1v) is 6.95. The van der Waals surface area contributed by atoms with Crippen LogP contribution < -0.4 is 11.1 Å². The molecule has 2 heterocycles. The fourth-order valence-corrected chi connectivity index (χ4v) is 2.53. The first kappa shape index (κ1) is 14.2. The van der Waals surface area contributed by atoms with Crippen LogP contribution in [0.25, 0.3) is 0 Å². The van der Waals surface area contributed by atoms with Crippen molar-refractivity contribution in [2.45, 2.75) is 26.3 Å². The maximum atomic E-state index is 11.0. The molecule has 0 aliphatic carbocycles. The summed E-state index contributed by atoms with van der Waals surface area (Å²) < 4.78 is 0. The molecule has 0 bridgehead atoms. The Labute approximate surface area is 120 Å². The van der Waals surface area contributed by atoms with Gasteiger partial charge < -0.3 is 11.1 Å². The summed E-state index contributed by atoms with van der Waals surface area (Å²) in [5.41, 5.74) is 5.48. The Hall–Kier alpha value is -2.22. The standard InChI is InChI=1S/C12H15N5O2S/c1-3-8-6-14-12(20-8)7(2)15-11-9(17(18)19)4-5-10(13)16-11/h4-7H,3H2,1-2H3,(H3,13,15,16). The van der Waals surface area contributed by atoms with E-state index >= 15 is 0 Å². The lowest BCUT2D eigenvalue weighted by Crippen LogP contribution is -2.10. The number of aryl methyl sites for hydroxylation is 1. The van der Waals surface area contributed by atoms with Crippen molar-refractivity contribution in [1.82, 2.24) is 9.97 Å². The molecule has 2 aromatic rings. The number of nitrogens with two attached hydrogens (primary N) is 1. The van der Waals surface area contributed by atoms with Gasteiger partial charge in [-0.1, -0.05) is 6.92 Å². The Bertz CT molecular complexity index is 628. The second-order valence-corrected chi connectivity index (χ2v) is 5.39. The molecule has 8 heteroatoms. The summed E-state index contributed by atoms with van der Waals surface area (Å²) >= 11 is 1.58. The average Bonchev–Trinajstić information content (AvgIpc) is 2.87. The van der Waals surface area contributed by atoms with E-state index in [9.17, 15) is 10.1 Å². The summed E-state index contributed by atoms with van der Waals surface area (Å²) in [5.74, 6) is 0.398. The third kappa shape index (κ3) is 3.02. The molecule has 20 heavy (non-hydrogen) atoms. The highest BCUT2D eigenvalue weighted by atomic mass is 32.1. The Kier molecular flexibility index (Phi) is 4.14. The van der Waals surface area contributed by atoms with E-state index in [0.717, 1.165) is 11.4 Å². The highest BCUT2D eigenvalue weighted by Gasteiger charge is 2.19. The van der Waals surface area contributed by atoms with Crippen molar-refractivity contribution in [2.75, 3.05) is 11.1 Å². The third-order valence-corrected chi connectivity index (χ3v) is 4.06. The molecule has 0 fully saturated rings. The normalized spacial score (nSPS) is 12.1. The Morgan fingerprint density at radius 1 is 1.55 bits per heavy atom. The van der Waals surface area contributed by atoms with Crippen LogP contribution in [0.4, 0.5) is 17.3 Å². The molecule has 0 aliphatic rings. The van der Waals surface area contributed by atoms with Crippen molar-refractivity contribution in [1.29, 1.82) is 0 Å². The largest absolute Gasteiger partial charge is 0.384 e. The number of nitro groups is 1. The number of pyridine rings is 1. The molecule has 1 atom stereocenters. The van der Waals surface area contributed by atoms with Gasteiger partial charge in [-0.05, 0) is 19.4 Å². The average molecular weight is 293 g/mol. The number of anilines is 2. The predicted molar refractivity (Wildman–Crippen MR) is 78.8 cm³/mol. The van der Waals surface area contributed by atoms with E-state index < -0.39 is 4.92 Å². The number of rotatable bonds is 5. The summed E-state index contributed by atoms with van der Waals surface area (Å²) in [6.07, 6.45) is 2.74. The van der Waals surface area contributed by atoms with Gasteiger partial charge >= 0.3 is 5.69 Å². The van der Waals surface area contributed by atoms with Crippen molar-refractivity contribution < 1.29 is 4.92 Å². The van der Waals surface area contributed by atoms with E-state index in [2.05, 4.69) is 22.2 Å². The molecule has 7 nitrogen and oxygen atoms in total. The van der Waals surface area contributed by atoms with Gasteiger partial charge in [0, 0.05) is 17.1 Å². The second-order valence-electron chi connectivity index (χ2n) is 4.25. The first-order valence-electron chi connectivity index (χ1n) is 6.13. The van der Waals surface area contributed by atoms with Gasteiger partial charge in [0.1, 0.15) is 10.8 Å². The topological polar surface area (TPSA) is 107 Å². The van der Waals surface area contributed by atoms with E-state index in [1.807, 2.05) is 13.1 Å². The van der Waals surface area contributed by atoms with Crippen LogP contribution in [-0.4, -0.2) is 14.9 Å². The van der Waals surface area contributed by atoms with Gasteiger partial charge in [0.05, 0.1) is 11.0 Å². The van der Waals surface area contributed by atoms with Gasteiger partial charge in [-0.25, -0.2) is 9.97 Å². The number of hydrogen-bond donors (Lipinski definition) is 2. The summed E-state index contributed by atoms with van der Waals surface area (Å²) in [4.78, 5) is 20.0. The van der Waals surface area contributed by atoms with Crippen LogP contribution >= 0.6 is 11.3 Å². The van der Waals surface area contributed by atoms with Gasteiger partial charge in [-0.15, -0.1) is 11.3 Å². The van der Waals surface area contributed by atoms with Gasteiger partial charge in [-0.2, -0.15) is 0 Å². The summed E-state index contributed by atoms with van der Waals surface area (Å²) in [5, 5.41) is 14.8. The molecule has 1 unspecified atom stereocenters. The zero-order valence-electron chi connectivity index (χ0n) is 11.2. The van der Waals surface area contributed by atoms with Gasteiger partial charge in [-0.3, -0.25) is 10.1 Å². The van der Waals surface area contributed by atoms with Crippen molar-refractivity contribution in [3.63, 3.8) is 0 Å². The molecule has 0 saturated heterocycles. The van der Waals surface area contributed by atoms with Crippen molar-refractivity contribution in [2.24, 2.45) is 0 Å². The molecule has 0 aliphatic heterocycles. The van der Waals surface area contributed by atoms with Crippen LogP contribution in [0.1, 0.15) is 29.8 Å². The predicted octanol–water partition coefficient (Wildman–Crippen LogP) is 2.76. The minimum atomic E-state index is -0.485. The number of hydrogen-bond acceptors (Lipinski definition) is 7. The number of thiazole rings is 1. The smallest absolute Gasteiger partial charge is 0.311 e. The second kappa shape index (κ2) is 5.83. The number of aromatic nitrogens is 2. The number of nitrogens with one attached hydrogen (secondary N) is 1. The molecule has 2 rings (SSSR count). The number of nitrogen functional groups attached to an aromatic ring is 1. The van der Waals surface area contributed by atoms with Crippen LogP contribution in [0.2, 0.25) is 0 Å². The SMILES string of the molecule is CCc1cnc(C(C)Nc2nc(N)ccc2[N+](=O)[O-])s1. The molecular weight excluding hydrogens is 278 g/mol. The molecule has 2 aromatic heterocycles.